The van der Waals surface area contributed by atoms with Crippen LogP contribution >= 0.6 is 11.3 Å². The third kappa shape index (κ3) is 6.06. The Hall–Kier alpha value is -2.42. The molecule has 0 aromatic carbocycles. The Kier molecular flexibility index (Phi) is 7.35. The third-order valence-corrected chi connectivity index (χ3v) is 5.55. The van der Waals surface area contributed by atoms with E-state index in [4.69, 9.17) is 5.11 Å². The van der Waals surface area contributed by atoms with E-state index >= 15 is 0 Å². The zero-order valence-electron chi connectivity index (χ0n) is 15.5. The number of hydrogen-bond donors (Lipinski definition) is 2. The predicted octanol–water partition coefficient (Wildman–Crippen LogP) is 1.10. The first-order chi connectivity index (χ1) is 12.8. The molecular weight excluding hydrogens is 370 g/mol. The second-order valence-corrected chi connectivity index (χ2v) is 7.72. The van der Waals surface area contributed by atoms with Gasteiger partial charge >= 0.3 is 5.97 Å². The van der Waals surface area contributed by atoms with Crippen molar-refractivity contribution in [3.05, 3.63) is 22.4 Å². The van der Waals surface area contributed by atoms with E-state index in [1.54, 1.807) is 0 Å². The van der Waals surface area contributed by atoms with Crippen molar-refractivity contribution in [2.24, 2.45) is 5.92 Å². The van der Waals surface area contributed by atoms with Crippen LogP contribution in [0.25, 0.3) is 0 Å². The number of nitrogens with one attached hydrogen (secondary N) is 1. The van der Waals surface area contributed by atoms with Crippen LogP contribution in [-0.4, -0.2) is 65.3 Å². The van der Waals surface area contributed by atoms with Crippen LogP contribution in [-0.2, 0) is 19.2 Å². The lowest BCUT2D eigenvalue weighted by molar-refractivity contribution is -0.147. The summed E-state index contributed by atoms with van der Waals surface area (Å²) in [6, 6.07) is 3.27. The molecular formula is C18H25N3O5S. The highest BCUT2D eigenvalue weighted by molar-refractivity contribution is 7.10. The molecule has 1 aromatic heterocycles. The van der Waals surface area contributed by atoms with E-state index in [1.165, 1.54) is 35.1 Å². The van der Waals surface area contributed by atoms with E-state index in [0.29, 0.717) is 19.4 Å². The fourth-order valence-corrected chi connectivity index (χ4v) is 3.86. The first-order valence-corrected chi connectivity index (χ1v) is 9.71. The molecule has 148 valence electrons. The van der Waals surface area contributed by atoms with E-state index in [9.17, 15) is 19.2 Å². The summed E-state index contributed by atoms with van der Waals surface area (Å²) in [5, 5.41) is 13.8. The molecule has 1 saturated heterocycles. The highest BCUT2D eigenvalue weighted by Gasteiger charge is 2.29. The fourth-order valence-electron chi connectivity index (χ4n) is 3.08. The minimum atomic E-state index is -0.897. The second kappa shape index (κ2) is 9.50. The Bertz CT molecular complexity index is 691. The number of piperidine rings is 1. The molecule has 2 N–H and O–H groups in total. The highest BCUT2D eigenvalue weighted by atomic mass is 32.1. The van der Waals surface area contributed by atoms with Gasteiger partial charge in [-0.2, -0.15) is 0 Å². The lowest BCUT2D eigenvalue weighted by Gasteiger charge is -2.32. The van der Waals surface area contributed by atoms with E-state index in [-0.39, 0.29) is 37.2 Å². The molecule has 0 aliphatic carbocycles. The minimum Gasteiger partial charge on any atom is -0.481 e. The summed E-state index contributed by atoms with van der Waals surface area (Å²) in [6.07, 6.45) is 1.26. The monoisotopic (exact) mass is 395 g/mol. The molecule has 0 bridgehead atoms. The third-order valence-electron chi connectivity index (χ3n) is 4.56. The van der Waals surface area contributed by atoms with Crippen LogP contribution < -0.4 is 5.32 Å². The number of rotatable bonds is 7. The number of carboxylic acid groups (broad SMARTS) is 1. The van der Waals surface area contributed by atoms with E-state index in [0.717, 1.165) is 4.88 Å². The van der Waals surface area contributed by atoms with Gasteiger partial charge in [-0.05, 0) is 24.3 Å². The molecule has 1 aromatic rings. The van der Waals surface area contributed by atoms with Gasteiger partial charge in [-0.25, -0.2) is 0 Å². The number of aliphatic carboxylic acids is 1. The quantitative estimate of drug-likeness (QED) is 0.719. The normalized spacial score (nSPS) is 17.9. The van der Waals surface area contributed by atoms with Gasteiger partial charge in [0.2, 0.25) is 17.7 Å². The molecule has 27 heavy (non-hydrogen) atoms. The first kappa shape index (κ1) is 20.9. The minimum absolute atomic E-state index is 0.0572. The Balaban J connectivity index is 1.92. The molecule has 1 fully saturated rings. The van der Waals surface area contributed by atoms with Gasteiger partial charge in [0, 0.05) is 31.9 Å². The van der Waals surface area contributed by atoms with Crippen LogP contribution in [0.3, 0.4) is 0 Å². The molecule has 2 atom stereocenters. The van der Waals surface area contributed by atoms with Crippen molar-refractivity contribution in [3.8, 4) is 0 Å². The van der Waals surface area contributed by atoms with Gasteiger partial charge in [-0.1, -0.05) is 6.07 Å². The summed E-state index contributed by atoms with van der Waals surface area (Å²) < 4.78 is 0. The largest absolute Gasteiger partial charge is 0.481 e. The number of likely N-dealkylation sites (tertiary alicyclic amines) is 1. The number of amides is 3. The number of nitrogens with zero attached hydrogens (tertiary/aromatic N) is 2. The van der Waals surface area contributed by atoms with E-state index in [2.05, 4.69) is 5.32 Å². The molecule has 2 unspecified atom stereocenters. The van der Waals surface area contributed by atoms with Gasteiger partial charge in [0.1, 0.15) is 0 Å². The zero-order chi connectivity index (χ0) is 20.0. The van der Waals surface area contributed by atoms with Crippen LogP contribution in [0.4, 0.5) is 0 Å². The average Bonchev–Trinajstić information content (AvgIpc) is 3.15. The zero-order valence-corrected chi connectivity index (χ0v) is 16.3. The van der Waals surface area contributed by atoms with Crippen molar-refractivity contribution in [1.29, 1.82) is 0 Å². The number of carbonyl (C=O) groups is 4. The average molecular weight is 395 g/mol. The molecule has 1 aliphatic rings. The van der Waals surface area contributed by atoms with Crippen LogP contribution in [0.2, 0.25) is 0 Å². The Morgan fingerprint density at radius 1 is 1.41 bits per heavy atom. The fraction of sp³-hybridized carbons (Fsp3) is 0.556. The number of hydrogen-bond acceptors (Lipinski definition) is 5. The van der Waals surface area contributed by atoms with Gasteiger partial charge in [-0.15, -0.1) is 11.3 Å². The van der Waals surface area contributed by atoms with Gasteiger partial charge < -0.3 is 20.2 Å². The summed E-state index contributed by atoms with van der Waals surface area (Å²) in [6.45, 7) is 1.98. The van der Waals surface area contributed by atoms with Crippen LogP contribution in [0.1, 0.15) is 37.1 Å². The predicted molar refractivity (Wildman–Crippen MR) is 100 cm³/mol. The summed E-state index contributed by atoms with van der Waals surface area (Å²) in [4.78, 5) is 51.3. The van der Waals surface area contributed by atoms with E-state index in [1.807, 2.05) is 17.5 Å². The molecule has 3 amide bonds. The van der Waals surface area contributed by atoms with E-state index < -0.39 is 17.9 Å². The maximum atomic E-state index is 12.5. The smallest absolute Gasteiger partial charge is 0.308 e. The van der Waals surface area contributed by atoms with Crippen molar-refractivity contribution in [1.82, 2.24) is 15.1 Å². The van der Waals surface area contributed by atoms with Gasteiger partial charge in [0.25, 0.3) is 0 Å². The van der Waals surface area contributed by atoms with Crippen LogP contribution in [0.5, 0.6) is 0 Å². The van der Waals surface area contributed by atoms with Gasteiger partial charge in [0.05, 0.1) is 24.9 Å². The molecule has 2 heterocycles. The molecule has 0 radical (unpaired) electrons. The summed E-state index contributed by atoms with van der Waals surface area (Å²) in [5.74, 6) is -2.20. The Morgan fingerprint density at radius 3 is 2.74 bits per heavy atom. The molecule has 0 spiro atoms. The summed E-state index contributed by atoms with van der Waals surface area (Å²) in [7, 11) is 1.54. The van der Waals surface area contributed by atoms with Gasteiger partial charge in [-0.3, -0.25) is 19.2 Å². The molecule has 0 saturated carbocycles. The van der Waals surface area contributed by atoms with Crippen molar-refractivity contribution in [3.63, 3.8) is 0 Å². The van der Waals surface area contributed by atoms with Crippen molar-refractivity contribution in [2.75, 3.05) is 26.7 Å². The number of carbonyl (C=O) groups excluding carboxylic acids is 3. The maximum Gasteiger partial charge on any atom is 0.308 e. The second-order valence-electron chi connectivity index (χ2n) is 6.74. The topological polar surface area (TPSA) is 107 Å². The van der Waals surface area contributed by atoms with Crippen molar-refractivity contribution < 1.29 is 24.3 Å². The molecule has 8 nitrogen and oxygen atoms in total. The van der Waals surface area contributed by atoms with Gasteiger partial charge in [0.15, 0.2) is 0 Å². The number of thiophene rings is 1. The molecule has 2 rings (SSSR count). The lowest BCUT2D eigenvalue weighted by Crippen LogP contribution is -2.47. The lowest BCUT2D eigenvalue weighted by atomic mass is 9.98. The molecule has 1 aliphatic heterocycles. The summed E-state index contributed by atoms with van der Waals surface area (Å²) in [5.41, 5.74) is 0. The summed E-state index contributed by atoms with van der Waals surface area (Å²) >= 11 is 1.45. The van der Waals surface area contributed by atoms with Crippen LogP contribution in [0, 0.1) is 5.92 Å². The first-order valence-electron chi connectivity index (χ1n) is 8.83. The van der Waals surface area contributed by atoms with Crippen LogP contribution in [0.15, 0.2) is 17.5 Å². The van der Waals surface area contributed by atoms with Crippen molar-refractivity contribution in [2.45, 2.75) is 32.2 Å². The highest BCUT2D eigenvalue weighted by Crippen LogP contribution is 2.23. The number of likely N-dealkylation sites (N-methyl/N-ethyl adjacent to an activating group) is 1. The SMILES string of the molecule is CC(=O)NC(CC(=O)N(C)CC(=O)N1CCCC(C(=O)O)C1)c1cccs1. The standard InChI is InChI=1S/C18H25N3O5S/c1-12(22)19-14(15-6-4-8-27-15)9-16(23)20(2)11-17(24)21-7-3-5-13(10-21)18(25)26/h4,6,8,13-14H,3,5,7,9-11H2,1-2H3,(H,19,22)(H,25,26). The molecule has 9 heteroatoms. The number of carboxylic acids is 1. The Labute approximate surface area is 162 Å². The maximum absolute atomic E-state index is 12.5. The Morgan fingerprint density at radius 2 is 2.15 bits per heavy atom. The van der Waals surface area contributed by atoms with Crippen molar-refractivity contribution >= 4 is 35.0 Å².